The Kier molecular flexibility index (Phi) is 8.45. The van der Waals surface area contributed by atoms with Crippen LogP contribution in [0.5, 0.6) is 0 Å². The smallest absolute Gasteiger partial charge is 0.270 e. The Morgan fingerprint density at radius 1 is 1.09 bits per heavy atom. The second-order valence-electron chi connectivity index (χ2n) is 3.92. The van der Waals surface area contributed by atoms with Crippen LogP contribution in [-0.2, 0) is 12.7 Å². The molecule has 0 bridgehead atoms. The number of aromatic nitrogens is 3. The van der Waals surface area contributed by atoms with E-state index in [1.54, 1.807) is 4.68 Å². The monoisotopic (exact) mass is 315 g/mol. The molecule has 2 aromatic heterocycles. The van der Waals surface area contributed by atoms with E-state index in [1.807, 2.05) is 47.6 Å². The maximum Gasteiger partial charge on any atom is 0.433 e. The summed E-state index contributed by atoms with van der Waals surface area (Å²) in [5.74, 6) is 0. The molecule has 0 unspecified atom stereocenters. The van der Waals surface area contributed by atoms with Crippen molar-refractivity contribution in [3.05, 3.63) is 35.8 Å². The third-order valence-corrected chi connectivity index (χ3v) is 2.63. The van der Waals surface area contributed by atoms with Gasteiger partial charge in [-0.05, 0) is 32.0 Å². The highest BCUT2D eigenvalue weighted by Crippen LogP contribution is 2.28. The van der Waals surface area contributed by atoms with Gasteiger partial charge < -0.3 is 0 Å². The van der Waals surface area contributed by atoms with Crippen molar-refractivity contribution in [3.63, 3.8) is 0 Å². The van der Waals surface area contributed by atoms with E-state index in [1.165, 1.54) is 12.3 Å². The van der Waals surface area contributed by atoms with Crippen LogP contribution in [-0.4, -0.2) is 14.8 Å². The van der Waals surface area contributed by atoms with Crippen LogP contribution in [0.4, 0.5) is 13.2 Å². The Hall–Kier alpha value is -1.85. The highest BCUT2D eigenvalue weighted by Gasteiger charge is 2.32. The van der Waals surface area contributed by atoms with Gasteiger partial charge in [0, 0.05) is 24.0 Å². The lowest BCUT2D eigenvalue weighted by Crippen LogP contribution is -2.07. The van der Waals surface area contributed by atoms with Gasteiger partial charge in [-0.3, -0.25) is 9.67 Å². The molecular formula is C16H24F3N3. The minimum absolute atomic E-state index is 0.582. The average molecular weight is 315 g/mol. The maximum atomic E-state index is 12.4. The molecule has 0 aromatic carbocycles. The Labute approximate surface area is 130 Å². The van der Waals surface area contributed by atoms with Crippen molar-refractivity contribution in [2.75, 3.05) is 0 Å². The van der Waals surface area contributed by atoms with Crippen LogP contribution in [0.2, 0.25) is 0 Å². The van der Waals surface area contributed by atoms with Crippen LogP contribution in [0.25, 0.3) is 11.3 Å². The lowest BCUT2D eigenvalue weighted by Gasteiger charge is -2.05. The van der Waals surface area contributed by atoms with E-state index in [4.69, 9.17) is 0 Å². The van der Waals surface area contributed by atoms with E-state index in [9.17, 15) is 13.2 Å². The fourth-order valence-corrected chi connectivity index (χ4v) is 1.68. The van der Waals surface area contributed by atoms with Gasteiger partial charge in [0.2, 0.25) is 0 Å². The molecule has 124 valence electrons. The molecule has 0 fully saturated rings. The highest BCUT2D eigenvalue weighted by atomic mass is 19.4. The SMILES string of the molecule is CC.CC.CCn1nc(-c2ccc(C(F)(F)F)nc2)cc1C. The van der Waals surface area contributed by atoms with Gasteiger partial charge in [-0.1, -0.05) is 27.7 Å². The molecule has 3 nitrogen and oxygen atoms in total. The number of rotatable bonds is 2. The second kappa shape index (κ2) is 9.23. The van der Waals surface area contributed by atoms with E-state index < -0.39 is 11.9 Å². The van der Waals surface area contributed by atoms with E-state index in [0.717, 1.165) is 18.3 Å². The summed E-state index contributed by atoms with van der Waals surface area (Å²) in [5, 5.41) is 4.29. The standard InChI is InChI=1S/C12H12F3N3.2C2H6/c1-3-18-8(2)6-10(17-18)9-4-5-11(16-7-9)12(13,14)15;2*1-2/h4-7H,3H2,1-2H3;2*1-2H3. The number of pyridine rings is 1. The molecule has 0 N–H and O–H groups in total. The number of nitrogens with zero attached hydrogens (tertiary/aromatic N) is 3. The van der Waals surface area contributed by atoms with E-state index in [-0.39, 0.29) is 0 Å². The summed E-state index contributed by atoms with van der Waals surface area (Å²) in [6.07, 6.45) is -3.21. The van der Waals surface area contributed by atoms with Crippen molar-refractivity contribution < 1.29 is 13.2 Å². The van der Waals surface area contributed by atoms with Crippen molar-refractivity contribution in [1.82, 2.24) is 14.8 Å². The van der Waals surface area contributed by atoms with Crippen molar-refractivity contribution in [2.24, 2.45) is 0 Å². The van der Waals surface area contributed by atoms with Crippen LogP contribution in [0, 0.1) is 6.92 Å². The van der Waals surface area contributed by atoms with Crippen LogP contribution in [0.3, 0.4) is 0 Å². The Morgan fingerprint density at radius 2 is 1.68 bits per heavy atom. The Morgan fingerprint density at radius 3 is 2.05 bits per heavy atom. The molecule has 0 aliphatic carbocycles. The molecule has 0 aliphatic rings. The quantitative estimate of drug-likeness (QED) is 0.748. The minimum Gasteiger partial charge on any atom is -0.270 e. The molecule has 0 atom stereocenters. The van der Waals surface area contributed by atoms with Crippen molar-refractivity contribution in [2.45, 2.75) is 54.3 Å². The molecule has 0 aliphatic heterocycles. The zero-order valence-electron chi connectivity index (χ0n) is 14.0. The normalized spacial score (nSPS) is 10.2. The van der Waals surface area contributed by atoms with Gasteiger partial charge in [0.15, 0.2) is 0 Å². The number of hydrogen-bond acceptors (Lipinski definition) is 2. The van der Waals surface area contributed by atoms with Crippen LogP contribution in [0.1, 0.15) is 46.0 Å². The van der Waals surface area contributed by atoms with Gasteiger partial charge in [-0.2, -0.15) is 18.3 Å². The lowest BCUT2D eigenvalue weighted by molar-refractivity contribution is -0.141. The third kappa shape index (κ3) is 5.16. The fraction of sp³-hybridized carbons (Fsp3) is 0.500. The first-order valence-electron chi connectivity index (χ1n) is 7.50. The fourth-order valence-electron chi connectivity index (χ4n) is 1.68. The number of halogens is 3. The molecule has 0 saturated heterocycles. The van der Waals surface area contributed by atoms with Gasteiger partial charge >= 0.3 is 6.18 Å². The van der Waals surface area contributed by atoms with Crippen molar-refractivity contribution in [1.29, 1.82) is 0 Å². The first-order chi connectivity index (χ1) is 10.4. The van der Waals surface area contributed by atoms with Gasteiger partial charge in [-0.25, -0.2) is 0 Å². The summed E-state index contributed by atoms with van der Waals surface area (Å²) in [5.41, 5.74) is 1.29. The Balaban J connectivity index is 0.00000102. The van der Waals surface area contributed by atoms with Crippen LogP contribution in [0.15, 0.2) is 24.4 Å². The molecule has 0 radical (unpaired) electrons. The molecule has 22 heavy (non-hydrogen) atoms. The number of aryl methyl sites for hydroxylation is 2. The zero-order chi connectivity index (χ0) is 17.3. The average Bonchev–Trinajstić information content (AvgIpc) is 2.91. The molecule has 2 heterocycles. The third-order valence-electron chi connectivity index (χ3n) is 2.63. The number of alkyl halides is 3. The molecular weight excluding hydrogens is 291 g/mol. The first kappa shape index (κ1) is 20.1. The summed E-state index contributed by atoms with van der Waals surface area (Å²) in [7, 11) is 0. The predicted molar refractivity (Wildman–Crippen MR) is 83.6 cm³/mol. The van der Waals surface area contributed by atoms with E-state index in [2.05, 4.69) is 10.1 Å². The molecule has 0 spiro atoms. The Bertz CT molecular complexity index is 543. The largest absolute Gasteiger partial charge is 0.433 e. The summed E-state index contributed by atoms with van der Waals surface area (Å²) in [6.45, 7) is 12.6. The topological polar surface area (TPSA) is 30.7 Å². The summed E-state index contributed by atoms with van der Waals surface area (Å²) < 4.78 is 38.9. The van der Waals surface area contributed by atoms with Gasteiger partial charge in [-0.15, -0.1) is 0 Å². The number of hydrogen-bond donors (Lipinski definition) is 0. The summed E-state index contributed by atoms with van der Waals surface area (Å²) in [4.78, 5) is 3.42. The zero-order valence-corrected chi connectivity index (χ0v) is 14.0. The molecule has 2 aromatic rings. The molecule has 2 rings (SSSR count). The first-order valence-corrected chi connectivity index (χ1v) is 7.50. The maximum absolute atomic E-state index is 12.4. The lowest BCUT2D eigenvalue weighted by atomic mass is 10.2. The summed E-state index contributed by atoms with van der Waals surface area (Å²) >= 11 is 0. The summed E-state index contributed by atoms with van der Waals surface area (Å²) in [6, 6.07) is 4.18. The van der Waals surface area contributed by atoms with Crippen LogP contribution < -0.4 is 0 Å². The highest BCUT2D eigenvalue weighted by molar-refractivity contribution is 5.58. The van der Waals surface area contributed by atoms with Crippen molar-refractivity contribution in [3.8, 4) is 11.3 Å². The van der Waals surface area contributed by atoms with Crippen LogP contribution >= 0.6 is 0 Å². The van der Waals surface area contributed by atoms with Gasteiger partial charge in [0.05, 0.1) is 5.69 Å². The minimum atomic E-state index is -4.41. The predicted octanol–water partition coefficient (Wildman–Crippen LogP) is 5.34. The van der Waals surface area contributed by atoms with Gasteiger partial charge in [0.1, 0.15) is 5.69 Å². The van der Waals surface area contributed by atoms with E-state index >= 15 is 0 Å². The van der Waals surface area contributed by atoms with Crippen molar-refractivity contribution >= 4 is 0 Å². The second-order valence-corrected chi connectivity index (χ2v) is 3.92. The molecule has 0 saturated carbocycles. The van der Waals surface area contributed by atoms with Gasteiger partial charge in [0.25, 0.3) is 0 Å². The molecule has 6 heteroatoms. The van der Waals surface area contributed by atoms with E-state index in [0.29, 0.717) is 11.3 Å². The molecule has 0 amide bonds.